The SMILES string of the molecule is Cc1ccc(/N=N/c2ccc3ccccc3c2C)c(C)c1. The lowest BCUT2D eigenvalue weighted by molar-refractivity contribution is 1.19. The van der Waals surface area contributed by atoms with Gasteiger partial charge in [-0.2, -0.15) is 10.2 Å². The van der Waals surface area contributed by atoms with E-state index >= 15 is 0 Å². The molecule has 104 valence electrons. The number of azo groups is 1. The standard InChI is InChI=1S/C19H18N2/c1-13-8-10-18(14(2)12-13)20-21-19-11-9-16-6-4-5-7-17(16)15(19)3/h4-12H,1-3H3/b21-20+. The van der Waals surface area contributed by atoms with E-state index in [1.165, 1.54) is 21.9 Å². The Balaban J connectivity index is 2.01. The van der Waals surface area contributed by atoms with Crippen molar-refractivity contribution in [2.45, 2.75) is 20.8 Å². The molecule has 0 amide bonds. The van der Waals surface area contributed by atoms with Crippen molar-refractivity contribution >= 4 is 22.1 Å². The fraction of sp³-hybridized carbons (Fsp3) is 0.158. The van der Waals surface area contributed by atoms with Gasteiger partial charge in [-0.3, -0.25) is 0 Å². The number of nitrogens with zero attached hydrogens (tertiary/aromatic N) is 2. The van der Waals surface area contributed by atoms with E-state index < -0.39 is 0 Å². The summed E-state index contributed by atoms with van der Waals surface area (Å²) in [5, 5.41) is 11.3. The Morgan fingerprint density at radius 3 is 2.24 bits per heavy atom. The van der Waals surface area contributed by atoms with E-state index in [0.717, 1.165) is 16.9 Å². The summed E-state index contributed by atoms with van der Waals surface area (Å²) in [5.41, 5.74) is 5.41. The van der Waals surface area contributed by atoms with Crippen LogP contribution >= 0.6 is 0 Å². The summed E-state index contributed by atoms with van der Waals surface area (Å²) >= 11 is 0. The molecule has 0 aliphatic carbocycles. The minimum absolute atomic E-state index is 0.924. The Morgan fingerprint density at radius 2 is 1.43 bits per heavy atom. The average molecular weight is 274 g/mol. The molecule has 3 aromatic carbocycles. The van der Waals surface area contributed by atoms with Crippen molar-refractivity contribution in [1.29, 1.82) is 0 Å². The molecule has 3 aromatic rings. The molecule has 3 rings (SSSR count). The van der Waals surface area contributed by atoms with E-state index in [1.54, 1.807) is 0 Å². The first-order valence-electron chi connectivity index (χ1n) is 7.12. The summed E-state index contributed by atoms with van der Waals surface area (Å²) in [4.78, 5) is 0. The van der Waals surface area contributed by atoms with Crippen LogP contribution in [0, 0.1) is 20.8 Å². The molecule has 2 nitrogen and oxygen atoms in total. The van der Waals surface area contributed by atoms with Gasteiger partial charge in [0.25, 0.3) is 0 Å². The van der Waals surface area contributed by atoms with Crippen molar-refractivity contribution < 1.29 is 0 Å². The lowest BCUT2D eigenvalue weighted by Gasteiger charge is -2.05. The molecule has 0 heterocycles. The van der Waals surface area contributed by atoms with E-state index in [2.05, 4.69) is 73.5 Å². The number of hydrogen-bond donors (Lipinski definition) is 0. The van der Waals surface area contributed by atoms with Crippen LogP contribution in [-0.2, 0) is 0 Å². The summed E-state index contributed by atoms with van der Waals surface area (Å²) in [6.45, 7) is 6.24. The largest absolute Gasteiger partial charge is 0.150 e. The third-order valence-corrected chi connectivity index (χ3v) is 3.79. The van der Waals surface area contributed by atoms with Gasteiger partial charge in [0.2, 0.25) is 0 Å². The first-order chi connectivity index (χ1) is 10.1. The first-order valence-corrected chi connectivity index (χ1v) is 7.12. The van der Waals surface area contributed by atoms with Gasteiger partial charge in [-0.1, -0.05) is 48.0 Å². The quantitative estimate of drug-likeness (QED) is 0.498. The number of rotatable bonds is 2. The molecule has 0 spiro atoms. The van der Waals surface area contributed by atoms with Crippen LogP contribution in [0.3, 0.4) is 0 Å². The van der Waals surface area contributed by atoms with Crippen molar-refractivity contribution in [3.8, 4) is 0 Å². The van der Waals surface area contributed by atoms with Crippen LogP contribution in [0.15, 0.2) is 64.8 Å². The Morgan fingerprint density at radius 1 is 0.714 bits per heavy atom. The number of fused-ring (bicyclic) bond motifs is 1. The van der Waals surface area contributed by atoms with Crippen molar-refractivity contribution in [2.75, 3.05) is 0 Å². The van der Waals surface area contributed by atoms with Gasteiger partial charge in [-0.05, 0) is 54.8 Å². The molecule has 0 unspecified atom stereocenters. The summed E-state index contributed by atoms with van der Waals surface area (Å²) in [5.74, 6) is 0. The highest BCUT2D eigenvalue weighted by Crippen LogP contribution is 2.29. The summed E-state index contributed by atoms with van der Waals surface area (Å²) in [6, 6.07) is 18.7. The molecule has 0 aromatic heterocycles. The normalized spacial score (nSPS) is 11.4. The smallest absolute Gasteiger partial charge is 0.0892 e. The lowest BCUT2D eigenvalue weighted by Crippen LogP contribution is -1.80. The highest BCUT2D eigenvalue weighted by Gasteiger charge is 2.03. The molecule has 0 saturated heterocycles. The molecular formula is C19H18N2. The predicted molar refractivity (Wildman–Crippen MR) is 88.8 cm³/mol. The van der Waals surface area contributed by atoms with E-state index in [9.17, 15) is 0 Å². The molecule has 0 N–H and O–H groups in total. The Kier molecular flexibility index (Phi) is 3.53. The van der Waals surface area contributed by atoms with Crippen molar-refractivity contribution in [2.24, 2.45) is 10.2 Å². The van der Waals surface area contributed by atoms with Crippen LogP contribution in [0.1, 0.15) is 16.7 Å². The Hall–Kier alpha value is -2.48. The van der Waals surface area contributed by atoms with Crippen molar-refractivity contribution in [3.05, 3.63) is 71.3 Å². The van der Waals surface area contributed by atoms with Gasteiger partial charge >= 0.3 is 0 Å². The maximum atomic E-state index is 4.44. The van der Waals surface area contributed by atoms with Crippen LogP contribution in [-0.4, -0.2) is 0 Å². The maximum absolute atomic E-state index is 4.44. The molecule has 0 aliphatic rings. The Labute approximate surface area is 125 Å². The predicted octanol–water partition coefficient (Wildman–Crippen LogP) is 6.18. The highest BCUT2D eigenvalue weighted by molar-refractivity contribution is 5.89. The van der Waals surface area contributed by atoms with Crippen molar-refractivity contribution in [3.63, 3.8) is 0 Å². The molecule has 0 aliphatic heterocycles. The minimum atomic E-state index is 0.924. The van der Waals surface area contributed by atoms with Gasteiger partial charge in [0.1, 0.15) is 0 Å². The molecule has 2 heteroatoms. The van der Waals surface area contributed by atoms with Gasteiger partial charge in [0.15, 0.2) is 0 Å². The third-order valence-electron chi connectivity index (χ3n) is 3.79. The molecule has 0 atom stereocenters. The Bertz CT molecular complexity index is 832. The molecule has 0 radical (unpaired) electrons. The van der Waals surface area contributed by atoms with E-state index in [0.29, 0.717) is 0 Å². The van der Waals surface area contributed by atoms with Crippen molar-refractivity contribution in [1.82, 2.24) is 0 Å². The summed E-state index contributed by atoms with van der Waals surface area (Å²) < 4.78 is 0. The number of aryl methyl sites for hydroxylation is 3. The average Bonchev–Trinajstić information content (AvgIpc) is 2.48. The van der Waals surface area contributed by atoms with E-state index in [1.807, 2.05) is 12.1 Å². The van der Waals surface area contributed by atoms with Crippen LogP contribution in [0.2, 0.25) is 0 Å². The second kappa shape index (κ2) is 5.49. The van der Waals surface area contributed by atoms with E-state index in [-0.39, 0.29) is 0 Å². The minimum Gasteiger partial charge on any atom is -0.150 e. The molecule has 21 heavy (non-hydrogen) atoms. The summed E-state index contributed by atoms with van der Waals surface area (Å²) in [7, 11) is 0. The summed E-state index contributed by atoms with van der Waals surface area (Å²) in [6.07, 6.45) is 0. The fourth-order valence-electron chi connectivity index (χ4n) is 2.55. The highest BCUT2D eigenvalue weighted by atomic mass is 15.1. The van der Waals surface area contributed by atoms with Crippen LogP contribution in [0.25, 0.3) is 10.8 Å². The second-order valence-electron chi connectivity index (χ2n) is 5.42. The van der Waals surface area contributed by atoms with Gasteiger partial charge < -0.3 is 0 Å². The topological polar surface area (TPSA) is 24.7 Å². The monoisotopic (exact) mass is 274 g/mol. The zero-order valence-electron chi connectivity index (χ0n) is 12.6. The maximum Gasteiger partial charge on any atom is 0.0892 e. The van der Waals surface area contributed by atoms with E-state index in [4.69, 9.17) is 0 Å². The van der Waals surface area contributed by atoms with Gasteiger partial charge in [0.05, 0.1) is 11.4 Å². The van der Waals surface area contributed by atoms with Gasteiger partial charge in [-0.15, -0.1) is 0 Å². The zero-order chi connectivity index (χ0) is 14.8. The molecular weight excluding hydrogens is 256 g/mol. The zero-order valence-corrected chi connectivity index (χ0v) is 12.6. The fourth-order valence-corrected chi connectivity index (χ4v) is 2.55. The molecule has 0 bridgehead atoms. The molecule has 0 saturated carbocycles. The van der Waals surface area contributed by atoms with Crippen LogP contribution in [0.5, 0.6) is 0 Å². The first kappa shape index (κ1) is 13.5. The van der Waals surface area contributed by atoms with Crippen LogP contribution < -0.4 is 0 Å². The molecule has 0 fully saturated rings. The van der Waals surface area contributed by atoms with Gasteiger partial charge in [0, 0.05) is 0 Å². The second-order valence-corrected chi connectivity index (χ2v) is 5.42. The third kappa shape index (κ3) is 2.70. The lowest BCUT2D eigenvalue weighted by atomic mass is 10.0. The number of hydrogen-bond acceptors (Lipinski definition) is 2. The van der Waals surface area contributed by atoms with Crippen LogP contribution in [0.4, 0.5) is 11.4 Å². The van der Waals surface area contributed by atoms with Gasteiger partial charge in [-0.25, -0.2) is 0 Å². The number of benzene rings is 3.